The Morgan fingerprint density at radius 3 is 1.92 bits per heavy atom. The first-order valence-electron chi connectivity index (χ1n) is 18.8. The van der Waals surface area contributed by atoms with E-state index in [2.05, 4.69) is 63.3 Å². The summed E-state index contributed by atoms with van der Waals surface area (Å²) in [4.78, 5) is 54.4. The molecule has 0 spiro atoms. The average Bonchev–Trinajstić information content (AvgIpc) is 4.12. The van der Waals surface area contributed by atoms with E-state index >= 15 is 0 Å². The number of pyridine rings is 6. The summed E-state index contributed by atoms with van der Waals surface area (Å²) in [5.74, 6) is -0.381. The number of H-pyrrole nitrogens is 1. The van der Waals surface area contributed by atoms with E-state index in [1.165, 1.54) is 4.79 Å². The number of nitrogens with two attached hydrogens (primary N) is 1. The standard InChI is InChI=1S/C42H30N16O2/c43-15-23-9-27(23)41(59)53-37-13-21-11-35(51-39(45)29(21)19-48-37)32-18-47-6-2-26(32)34-4-8-58(56-34)57-40-30-20-49-38(54-42(60)28-10-24(28)16-44)14-22(30)12-36(52-40)31-17-46-5-1-25(31)33-3-7-50-55-33/h1-8,11-14,17-20,23-24,27-28H,9-10H2,(H2,45,51)(H,50,55)(H,52,57)(H,48,53,59)(H,49,54,60)/t23-,24+,27+,28-/m0/s1. The number of anilines is 4. The molecule has 0 aromatic carbocycles. The summed E-state index contributed by atoms with van der Waals surface area (Å²) in [5, 5.41) is 38.9. The van der Waals surface area contributed by atoms with Crippen molar-refractivity contribution in [3.05, 3.63) is 98.1 Å². The van der Waals surface area contributed by atoms with Crippen molar-refractivity contribution >= 4 is 56.6 Å². The number of rotatable bonds is 10. The number of amides is 2. The van der Waals surface area contributed by atoms with Crippen LogP contribution >= 0.6 is 0 Å². The number of carbonyl (C=O) groups is 2. The molecular formula is C42H30N16O2. The number of fused-ring (bicyclic) bond motifs is 2. The van der Waals surface area contributed by atoms with Crippen molar-refractivity contribution in [1.82, 2.24) is 50.0 Å². The van der Waals surface area contributed by atoms with E-state index in [0.717, 1.165) is 22.1 Å². The Bertz CT molecular complexity index is 3110. The number of hydrogen-bond acceptors (Lipinski definition) is 14. The molecule has 2 aliphatic rings. The molecule has 2 saturated carbocycles. The minimum absolute atomic E-state index is 0.242. The van der Waals surface area contributed by atoms with Gasteiger partial charge in [-0.05, 0) is 72.1 Å². The molecule has 2 aliphatic carbocycles. The number of carbonyl (C=O) groups excluding carboxylic acids is 2. The molecule has 8 aromatic heterocycles. The number of nitrogens with zero attached hydrogens (tertiary/aromatic N) is 11. The summed E-state index contributed by atoms with van der Waals surface area (Å²) in [5.41, 5.74) is 15.1. The lowest BCUT2D eigenvalue weighted by atomic mass is 10.0. The third-order valence-electron chi connectivity index (χ3n) is 10.6. The number of aromatic nitrogens is 10. The molecule has 0 radical (unpaired) electrons. The molecule has 0 saturated heterocycles. The topological polar surface area (TPSA) is 268 Å². The summed E-state index contributed by atoms with van der Waals surface area (Å²) < 4.78 is 0. The predicted octanol–water partition coefficient (Wildman–Crippen LogP) is 5.60. The Morgan fingerprint density at radius 1 is 0.717 bits per heavy atom. The van der Waals surface area contributed by atoms with E-state index in [0.29, 0.717) is 74.8 Å². The minimum Gasteiger partial charge on any atom is -0.383 e. The number of hydrogen-bond donors (Lipinski definition) is 5. The summed E-state index contributed by atoms with van der Waals surface area (Å²) in [7, 11) is 0. The lowest BCUT2D eigenvalue weighted by Crippen LogP contribution is -2.16. The van der Waals surface area contributed by atoms with Gasteiger partial charge in [-0.2, -0.15) is 25.5 Å². The number of aromatic amines is 1. The second-order valence-corrected chi connectivity index (χ2v) is 14.5. The molecule has 0 bridgehead atoms. The van der Waals surface area contributed by atoms with Gasteiger partial charge in [0.1, 0.15) is 17.5 Å². The molecule has 2 amide bonds. The molecule has 6 N–H and O–H groups in total. The molecule has 0 aliphatic heterocycles. The van der Waals surface area contributed by atoms with Crippen LogP contribution in [0.2, 0.25) is 0 Å². The fourth-order valence-electron chi connectivity index (χ4n) is 7.21. The quantitative estimate of drug-likeness (QED) is 0.113. The highest BCUT2D eigenvalue weighted by molar-refractivity contribution is 6.01. The molecule has 290 valence electrons. The van der Waals surface area contributed by atoms with E-state index in [-0.39, 0.29) is 41.3 Å². The molecule has 4 atom stereocenters. The smallest absolute Gasteiger partial charge is 0.230 e. The zero-order valence-corrected chi connectivity index (χ0v) is 31.3. The summed E-state index contributed by atoms with van der Waals surface area (Å²) in [6, 6.07) is 18.9. The van der Waals surface area contributed by atoms with Gasteiger partial charge in [0, 0.05) is 82.6 Å². The van der Waals surface area contributed by atoms with Crippen molar-refractivity contribution in [2.45, 2.75) is 12.8 Å². The molecule has 10 rings (SSSR count). The van der Waals surface area contributed by atoms with Crippen LogP contribution in [0.5, 0.6) is 0 Å². The van der Waals surface area contributed by atoms with Gasteiger partial charge in [0.05, 0.1) is 58.6 Å². The number of nitriles is 2. The third kappa shape index (κ3) is 6.69. The lowest BCUT2D eigenvalue weighted by molar-refractivity contribution is -0.118. The molecule has 18 nitrogen and oxygen atoms in total. The molecule has 0 unspecified atom stereocenters. The van der Waals surface area contributed by atoms with E-state index in [1.807, 2.05) is 36.4 Å². The van der Waals surface area contributed by atoms with E-state index in [4.69, 9.17) is 21.1 Å². The molecule has 60 heavy (non-hydrogen) atoms. The highest BCUT2D eigenvalue weighted by atomic mass is 16.2. The zero-order chi connectivity index (χ0) is 40.9. The van der Waals surface area contributed by atoms with E-state index < -0.39 is 0 Å². The van der Waals surface area contributed by atoms with Gasteiger partial charge < -0.3 is 16.4 Å². The minimum atomic E-state index is -0.357. The Morgan fingerprint density at radius 2 is 1.32 bits per heavy atom. The fraction of sp³-hybridized carbons (Fsp3) is 0.143. The van der Waals surface area contributed by atoms with Crippen molar-refractivity contribution < 1.29 is 9.59 Å². The first kappa shape index (κ1) is 35.8. The first-order valence-corrected chi connectivity index (χ1v) is 18.8. The second kappa shape index (κ2) is 14.4. The van der Waals surface area contributed by atoms with Crippen LogP contribution in [0.4, 0.5) is 23.3 Å². The van der Waals surface area contributed by atoms with Crippen LogP contribution in [0.1, 0.15) is 12.8 Å². The molecule has 8 heterocycles. The Hall–Kier alpha value is -8.64. The molecular weight excluding hydrogens is 761 g/mol. The SMILES string of the molecule is N#C[C@@H]1C[C@H]1C(=O)Nc1cc2cc(-c3cnccc3-c3ccn(Nc4nc(-c5cnccc5-c5cc[nH]n5)cc5cc(NC(=O)[C@H]6C[C@@H]6C#N)ncc45)n3)nc(N)c2cn1. The number of nitrogen functional groups attached to an aromatic ring is 1. The largest absolute Gasteiger partial charge is 0.383 e. The maximum atomic E-state index is 12.9. The van der Waals surface area contributed by atoms with Crippen molar-refractivity contribution in [3.8, 4) is 57.2 Å². The Kier molecular flexibility index (Phi) is 8.57. The van der Waals surface area contributed by atoms with Gasteiger partial charge in [-0.1, -0.05) is 0 Å². The fourth-order valence-corrected chi connectivity index (χ4v) is 7.21. The van der Waals surface area contributed by atoms with Crippen molar-refractivity contribution in [2.75, 3.05) is 21.8 Å². The van der Waals surface area contributed by atoms with Crippen molar-refractivity contribution in [1.29, 1.82) is 10.5 Å². The normalized spacial score (nSPS) is 17.7. The maximum Gasteiger partial charge on any atom is 0.230 e. The van der Waals surface area contributed by atoms with Crippen LogP contribution < -0.4 is 21.8 Å². The third-order valence-corrected chi connectivity index (χ3v) is 10.6. The highest BCUT2D eigenvalue weighted by Crippen LogP contribution is 2.40. The van der Waals surface area contributed by atoms with Crippen LogP contribution in [0.25, 0.3) is 66.6 Å². The van der Waals surface area contributed by atoms with Crippen LogP contribution in [-0.4, -0.2) is 61.8 Å². The summed E-state index contributed by atoms with van der Waals surface area (Å²) in [6.45, 7) is 0. The van der Waals surface area contributed by atoms with Crippen LogP contribution in [0.3, 0.4) is 0 Å². The average molecular weight is 791 g/mol. The van der Waals surface area contributed by atoms with Crippen LogP contribution in [0.15, 0.2) is 98.1 Å². The predicted molar refractivity (Wildman–Crippen MR) is 219 cm³/mol. The maximum absolute atomic E-state index is 12.9. The van der Waals surface area contributed by atoms with Gasteiger partial charge in [-0.15, -0.1) is 0 Å². The van der Waals surface area contributed by atoms with E-state index in [9.17, 15) is 14.9 Å². The second-order valence-electron chi connectivity index (χ2n) is 14.5. The van der Waals surface area contributed by atoms with Gasteiger partial charge in [-0.25, -0.2) is 19.9 Å². The van der Waals surface area contributed by atoms with Gasteiger partial charge in [-0.3, -0.25) is 30.1 Å². The Labute approximate surface area is 339 Å². The van der Waals surface area contributed by atoms with E-state index in [1.54, 1.807) is 61.7 Å². The number of nitrogens with one attached hydrogen (secondary N) is 4. The molecule has 8 aromatic rings. The molecule has 18 heteroatoms. The van der Waals surface area contributed by atoms with Gasteiger partial charge in [0.2, 0.25) is 11.8 Å². The van der Waals surface area contributed by atoms with Gasteiger partial charge in [0.25, 0.3) is 0 Å². The monoisotopic (exact) mass is 790 g/mol. The summed E-state index contributed by atoms with van der Waals surface area (Å²) >= 11 is 0. The molecule has 2 fully saturated rings. The van der Waals surface area contributed by atoms with Gasteiger partial charge in [0.15, 0.2) is 5.82 Å². The highest BCUT2D eigenvalue weighted by Gasteiger charge is 2.44. The summed E-state index contributed by atoms with van der Waals surface area (Å²) in [6.07, 6.45) is 14.5. The van der Waals surface area contributed by atoms with Crippen molar-refractivity contribution in [3.63, 3.8) is 0 Å². The first-order chi connectivity index (χ1) is 29.3. The van der Waals surface area contributed by atoms with Gasteiger partial charge >= 0.3 is 0 Å². The van der Waals surface area contributed by atoms with Crippen LogP contribution in [-0.2, 0) is 9.59 Å². The van der Waals surface area contributed by atoms with Crippen molar-refractivity contribution in [2.24, 2.45) is 23.7 Å². The Balaban J connectivity index is 0.988. The lowest BCUT2D eigenvalue weighted by Gasteiger charge is -2.14. The van der Waals surface area contributed by atoms with Crippen LogP contribution in [0, 0.1) is 46.3 Å². The zero-order valence-electron chi connectivity index (χ0n) is 31.3.